The standard InChI is InChI=1S/C26H34N2O6/c1-16-17(2)25(31)34-24-18(3)21(8-7-20(16)24)33-15-22(29)27-12-9-23(30)28-13-11-26(32)10-5-4-6-19(26)14-28/h7-8,19,32H,4-6,9-15H2,1-3H3,(H,27,29)/t19-,26+/m1/s1. The minimum Gasteiger partial charge on any atom is -0.483 e. The molecule has 0 radical (unpaired) electrons. The van der Waals surface area contributed by atoms with Crippen LogP contribution in [0.3, 0.4) is 0 Å². The molecule has 1 aliphatic carbocycles. The molecule has 8 heteroatoms. The number of rotatable bonds is 6. The smallest absolute Gasteiger partial charge is 0.339 e. The Morgan fingerprint density at radius 3 is 2.76 bits per heavy atom. The predicted molar refractivity (Wildman–Crippen MR) is 128 cm³/mol. The lowest BCUT2D eigenvalue weighted by Gasteiger charge is -2.47. The van der Waals surface area contributed by atoms with Gasteiger partial charge in [0.2, 0.25) is 5.91 Å². The monoisotopic (exact) mass is 470 g/mol. The molecule has 2 N–H and O–H groups in total. The normalized spacial score (nSPS) is 22.4. The Bertz CT molecular complexity index is 1160. The second-order valence-electron chi connectivity index (χ2n) is 9.73. The Balaban J connectivity index is 1.26. The van der Waals surface area contributed by atoms with Crippen molar-refractivity contribution in [1.29, 1.82) is 0 Å². The van der Waals surface area contributed by atoms with Crippen LogP contribution in [0, 0.1) is 26.7 Å². The van der Waals surface area contributed by atoms with E-state index in [0.29, 0.717) is 42.0 Å². The van der Waals surface area contributed by atoms with Crippen LogP contribution in [0.4, 0.5) is 0 Å². The third-order valence-electron chi connectivity index (χ3n) is 7.62. The highest BCUT2D eigenvalue weighted by Gasteiger charge is 2.43. The van der Waals surface area contributed by atoms with Gasteiger partial charge in [0.25, 0.3) is 5.91 Å². The summed E-state index contributed by atoms with van der Waals surface area (Å²) in [6.45, 7) is 6.60. The van der Waals surface area contributed by atoms with Gasteiger partial charge < -0.3 is 24.5 Å². The van der Waals surface area contributed by atoms with Crippen LogP contribution in [-0.4, -0.2) is 53.7 Å². The molecule has 0 unspecified atom stereocenters. The van der Waals surface area contributed by atoms with Crippen LogP contribution in [0.5, 0.6) is 5.75 Å². The average Bonchev–Trinajstić information content (AvgIpc) is 2.82. The van der Waals surface area contributed by atoms with E-state index in [1.54, 1.807) is 19.9 Å². The van der Waals surface area contributed by atoms with Crippen LogP contribution in [-0.2, 0) is 9.59 Å². The van der Waals surface area contributed by atoms with Gasteiger partial charge in [-0.25, -0.2) is 4.79 Å². The summed E-state index contributed by atoms with van der Waals surface area (Å²) in [5.74, 6) is 0.303. The number of ether oxygens (including phenoxy) is 1. The number of nitrogens with zero attached hydrogens (tertiary/aromatic N) is 1. The SMILES string of the molecule is Cc1c(C)c2ccc(OCC(=O)NCCC(=O)N3CC[C@@]4(O)CCCC[C@@H]4C3)c(C)c2oc1=O. The van der Waals surface area contributed by atoms with Crippen molar-refractivity contribution in [3.05, 3.63) is 39.2 Å². The van der Waals surface area contributed by atoms with E-state index in [4.69, 9.17) is 9.15 Å². The van der Waals surface area contributed by atoms with Crippen molar-refractivity contribution in [2.24, 2.45) is 5.92 Å². The van der Waals surface area contributed by atoms with E-state index in [1.165, 1.54) is 0 Å². The van der Waals surface area contributed by atoms with E-state index >= 15 is 0 Å². The molecule has 2 amide bonds. The molecule has 1 aliphatic heterocycles. The first kappa shape index (κ1) is 24.3. The van der Waals surface area contributed by atoms with Gasteiger partial charge in [-0.2, -0.15) is 0 Å². The van der Waals surface area contributed by atoms with Gasteiger partial charge in [0, 0.05) is 48.5 Å². The predicted octanol–water partition coefficient (Wildman–Crippen LogP) is 2.76. The largest absolute Gasteiger partial charge is 0.483 e. The highest BCUT2D eigenvalue weighted by Crippen LogP contribution is 2.39. The minimum atomic E-state index is -0.610. The van der Waals surface area contributed by atoms with Crippen molar-refractivity contribution < 1.29 is 23.8 Å². The number of carbonyl (C=O) groups is 2. The van der Waals surface area contributed by atoms with E-state index in [-0.39, 0.29) is 42.9 Å². The number of hydrogen-bond donors (Lipinski definition) is 2. The van der Waals surface area contributed by atoms with Gasteiger partial charge >= 0.3 is 5.63 Å². The third kappa shape index (κ3) is 4.82. The molecule has 184 valence electrons. The van der Waals surface area contributed by atoms with Gasteiger partial charge in [-0.3, -0.25) is 9.59 Å². The topological polar surface area (TPSA) is 109 Å². The van der Waals surface area contributed by atoms with Crippen molar-refractivity contribution in [2.45, 2.75) is 64.9 Å². The van der Waals surface area contributed by atoms with Crippen LogP contribution in [0.15, 0.2) is 21.3 Å². The molecule has 1 saturated heterocycles. The van der Waals surface area contributed by atoms with Crippen LogP contribution in [0.25, 0.3) is 11.0 Å². The van der Waals surface area contributed by atoms with E-state index < -0.39 is 5.60 Å². The van der Waals surface area contributed by atoms with Crippen LogP contribution >= 0.6 is 0 Å². The van der Waals surface area contributed by atoms with E-state index in [2.05, 4.69) is 5.32 Å². The number of nitrogens with one attached hydrogen (secondary N) is 1. The number of fused-ring (bicyclic) bond motifs is 2. The van der Waals surface area contributed by atoms with Crippen molar-refractivity contribution >= 4 is 22.8 Å². The van der Waals surface area contributed by atoms with Crippen LogP contribution < -0.4 is 15.7 Å². The summed E-state index contributed by atoms with van der Waals surface area (Å²) in [5, 5.41) is 14.4. The van der Waals surface area contributed by atoms with E-state index in [0.717, 1.165) is 36.6 Å². The maximum atomic E-state index is 12.6. The second kappa shape index (κ2) is 9.78. The first-order chi connectivity index (χ1) is 16.2. The first-order valence-corrected chi connectivity index (χ1v) is 12.1. The maximum Gasteiger partial charge on any atom is 0.339 e. The summed E-state index contributed by atoms with van der Waals surface area (Å²) < 4.78 is 11.1. The first-order valence-electron chi connectivity index (χ1n) is 12.1. The minimum absolute atomic E-state index is 0.0000857. The molecule has 2 aliphatic rings. The summed E-state index contributed by atoms with van der Waals surface area (Å²) in [7, 11) is 0. The molecular weight excluding hydrogens is 436 g/mol. The second-order valence-corrected chi connectivity index (χ2v) is 9.73. The third-order valence-corrected chi connectivity index (χ3v) is 7.62. The van der Waals surface area contributed by atoms with Crippen molar-refractivity contribution in [3.8, 4) is 5.75 Å². The number of aryl methyl sites for hydroxylation is 2. The fourth-order valence-corrected chi connectivity index (χ4v) is 5.24. The quantitative estimate of drug-likeness (QED) is 0.629. The van der Waals surface area contributed by atoms with Crippen molar-refractivity contribution in [3.63, 3.8) is 0 Å². The molecule has 8 nitrogen and oxygen atoms in total. The van der Waals surface area contributed by atoms with Crippen molar-refractivity contribution in [2.75, 3.05) is 26.2 Å². The zero-order valence-electron chi connectivity index (χ0n) is 20.2. The number of likely N-dealkylation sites (tertiary alicyclic amines) is 1. The van der Waals surface area contributed by atoms with Crippen molar-refractivity contribution in [1.82, 2.24) is 10.2 Å². The fourth-order valence-electron chi connectivity index (χ4n) is 5.24. The number of piperidine rings is 1. The molecule has 0 bridgehead atoms. The lowest BCUT2D eigenvalue weighted by molar-refractivity contribution is -0.143. The Hall–Kier alpha value is -2.87. The molecule has 1 saturated carbocycles. The molecule has 2 atom stereocenters. The van der Waals surface area contributed by atoms with Gasteiger partial charge in [0.1, 0.15) is 11.3 Å². The zero-order chi connectivity index (χ0) is 24.5. The molecule has 34 heavy (non-hydrogen) atoms. The Labute approximate surface area is 199 Å². The number of hydrogen-bond acceptors (Lipinski definition) is 6. The number of amides is 2. The highest BCUT2D eigenvalue weighted by molar-refractivity contribution is 5.86. The fraction of sp³-hybridized carbons (Fsp3) is 0.577. The Morgan fingerprint density at radius 2 is 1.97 bits per heavy atom. The lowest BCUT2D eigenvalue weighted by atomic mass is 9.71. The van der Waals surface area contributed by atoms with Crippen LogP contribution in [0.1, 0.15) is 55.2 Å². The number of aliphatic hydroxyl groups is 1. The van der Waals surface area contributed by atoms with Gasteiger partial charge in [-0.05, 0) is 57.7 Å². The van der Waals surface area contributed by atoms with E-state index in [9.17, 15) is 19.5 Å². The summed E-state index contributed by atoms with van der Waals surface area (Å²) >= 11 is 0. The Kier molecular flexibility index (Phi) is 6.98. The molecular formula is C26H34N2O6. The highest BCUT2D eigenvalue weighted by atomic mass is 16.5. The zero-order valence-corrected chi connectivity index (χ0v) is 20.2. The summed E-state index contributed by atoms with van der Waals surface area (Å²) in [6.07, 6.45) is 4.81. The summed E-state index contributed by atoms with van der Waals surface area (Å²) in [6, 6.07) is 3.59. The molecule has 2 fully saturated rings. The molecule has 2 heterocycles. The maximum absolute atomic E-state index is 12.6. The molecule has 1 aromatic heterocycles. The summed E-state index contributed by atoms with van der Waals surface area (Å²) in [5.41, 5.74) is 1.58. The molecule has 4 rings (SSSR count). The molecule has 0 spiro atoms. The number of carbonyl (C=O) groups excluding carboxylic acids is 2. The number of benzene rings is 1. The van der Waals surface area contributed by atoms with Gasteiger partial charge in [0.15, 0.2) is 6.61 Å². The van der Waals surface area contributed by atoms with E-state index in [1.807, 2.05) is 17.9 Å². The van der Waals surface area contributed by atoms with Gasteiger partial charge in [-0.1, -0.05) is 12.8 Å². The van der Waals surface area contributed by atoms with Crippen LogP contribution in [0.2, 0.25) is 0 Å². The van der Waals surface area contributed by atoms with Gasteiger partial charge in [0.05, 0.1) is 5.60 Å². The average molecular weight is 471 g/mol. The summed E-state index contributed by atoms with van der Waals surface area (Å²) in [4.78, 5) is 38.7. The van der Waals surface area contributed by atoms with Gasteiger partial charge in [-0.15, -0.1) is 0 Å². The lowest BCUT2D eigenvalue weighted by Crippen LogP contribution is -2.54. The molecule has 1 aromatic carbocycles. The Morgan fingerprint density at radius 1 is 1.18 bits per heavy atom. The molecule has 2 aromatic rings.